The van der Waals surface area contributed by atoms with Crippen LogP contribution in [0.4, 0.5) is 17.1 Å². The van der Waals surface area contributed by atoms with Crippen LogP contribution in [0, 0.1) is 0 Å². The molecule has 1 aliphatic rings. The zero-order valence-corrected chi connectivity index (χ0v) is 38.3. The summed E-state index contributed by atoms with van der Waals surface area (Å²) in [4.78, 5) is 2.42. The lowest BCUT2D eigenvalue weighted by Gasteiger charge is -2.34. The average molecular weight is 892 g/mol. The molecule has 14 rings (SSSR count). The fraction of sp³-hybridized carbons (Fsp3) is 0.0149. The summed E-state index contributed by atoms with van der Waals surface area (Å²) in [5, 5.41) is 4.93. The molecule has 0 aliphatic heterocycles. The minimum absolute atomic E-state index is 0.481. The highest BCUT2D eigenvalue weighted by Gasteiger charge is 2.45. The van der Waals surface area contributed by atoms with E-state index in [1.54, 1.807) is 0 Å². The van der Waals surface area contributed by atoms with Gasteiger partial charge in [-0.25, -0.2) is 0 Å². The Morgan fingerprint density at radius 3 is 1.31 bits per heavy atom. The molecule has 0 saturated carbocycles. The zero-order chi connectivity index (χ0) is 46.2. The third kappa shape index (κ3) is 6.01. The number of hydrogen-bond acceptors (Lipinski definition) is 1. The average Bonchev–Trinajstić information content (AvgIpc) is 4.06. The monoisotopic (exact) mass is 891 g/mol. The van der Waals surface area contributed by atoms with Crippen LogP contribution >= 0.6 is 0 Å². The van der Waals surface area contributed by atoms with E-state index in [1.165, 1.54) is 82.6 Å². The molecule has 2 aromatic heterocycles. The van der Waals surface area contributed by atoms with Crippen LogP contribution in [0.3, 0.4) is 0 Å². The van der Waals surface area contributed by atoms with Crippen LogP contribution in [0.25, 0.3) is 77.2 Å². The quantitative estimate of drug-likeness (QED) is 0.148. The summed E-state index contributed by atoms with van der Waals surface area (Å²) in [6.45, 7) is 0. The summed E-state index contributed by atoms with van der Waals surface area (Å²) in [6.07, 6.45) is 0. The maximum absolute atomic E-state index is 2.42. The Balaban J connectivity index is 0.936. The lowest BCUT2D eigenvalue weighted by molar-refractivity contribution is 0.768. The molecule has 3 heteroatoms. The first-order chi connectivity index (χ1) is 34.7. The van der Waals surface area contributed by atoms with Crippen molar-refractivity contribution in [2.24, 2.45) is 0 Å². The molecule has 0 saturated heterocycles. The van der Waals surface area contributed by atoms with E-state index in [4.69, 9.17) is 0 Å². The predicted octanol–water partition coefficient (Wildman–Crippen LogP) is 17.4. The van der Waals surface area contributed by atoms with Crippen molar-refractivity contribution in [2.45, 2.75) is 5.41 Å². The molecule has 328 valence electrons. The lowest BCUT2D eigenvalue weighted by Crippen LogP contribution is -2.28. The van der Waals surface area contributed by atoms with Gasteiger partial charge in [0.1, 0.15) is 0 Å². The second-order valence-electron chi connectivity index (χ2n) is 18.4. The number of rotatable bonds is 8. The van der Waals surface area contributed by atoms with Gasteiger partial charge < -0.3 is 14.0 Å². The van der Waals surface area contributed by atoms with Crippen LogP contribution in [-0.4, -0.2) is 9.13 Å². The van der Waals surface area contributed by atoms with Crippen molar-refractivity contribution in [3.8, 4) is 33.6 Å². The molecule has 11 aromatic carbocycles. The fourth-order valence-corrected chi connectivity index (χ4v) is 11.8. The number of nitrogens with zero attached hydrogens (tertiary/aromatic N) is 3. The second kappa shape index (κ2) is 16.0. The first-order valence-electron chi connectivity index (χ1n) is 24.2. The van der Waals surface area contributed by atoms with Crippen LogP contribution in [0.2, 0.25) is 0 Å². The maximum Gasteiger partial charge on any atom is 0.0713 e. The molecule has 0 atom stereocenters. The topological polar surface area (TPSA) is 13.1 Å². The van der Waals surface area contributed by atoms with Crippen molar-refractivity contribution in [1.82, 2.24) is 9.13 Å². The Hall–Kier alpha value is -9.18. The molecule has 2 heterocycles. The highest BCUT2D eigenvalue weighted by molar-refractivity contribution is 6.11. The third-order valence-corrected chi connectivity index (χ3v) is 14.8. The highest BCUT2D eigenvalue weighted by atomic mass is 15.1. The lowest BCUT2D eigenvalue weighted by atomic mass is 9.68. The number of hydrogen-bond donors (Lipinski definition) is 0. The van der Waals surface area contributed by atoms with Crippen molar-refractivity contribution in [2.75, 3.05) is 4.90 Å². The summed E-state index contributed by atoms with van der Waals surface area (Å²) >= 11 is 0. The van der Waals surface area contributed by atoms with Gasteiger partial charge in [0.15, 0.2) is 0 Å². The Morgan fingerprint density at radius 1 is 0.271 bits per heavy atom. The van der Waals surface area contributed by atoms with E-state index in [1.807, 2.05) is 0 Å². The van der Waals surface area contributed by atoms with Gasteiger partial charge in [0.05, 0.1) is 27.5 Å². The molecule has 13 aromatic rings. The molecule has 0 N–H and O–H groups in total. The van der Waals surface area contributed by atoms with Crippen LogP contribution in [0.1, 0.15) is 22.3 Å². The van der Waals surface area contributed by atoms with Crippen LogP contribution in [0.15, 0.2) is 273 Å². The van der Waals surface area contributed by atoms with Gasteiger partial charge in [0, 0.05) is 50.0 Å². The molecule has 0 bridgehead atoms. The summed E-state index contributed by atoms with van der Waals surface area (Å²) < 4.78 is 4.78. The minimum Gasteiger partial charge on any atom is -0.310 e. The van der Waals surface area contributed by atoms with E-state index in [2.05, 4.69) is 287 Å². The number of para-hydroxylation sites is 4. The summed E-state index contributed by atoms with van der Waals surface area (Å²) in [5.74, 6) is 0. The number of benzene rings is 11. The van der Waals surface area contributed by atoms with Crippen molar-refractivity contribution in [1.29, 1.82) is 0 Å². The van der Waals surface area contributed by atoms with Crippen LogP contribution < -0.4 is 4.90 Å². The summed E-state index contributed by atoms with van der Waals surface area (Å²) in [7, 11) is 0. The Morgan fingerprint density at radius 2 is 0.700 bits per heavy atom. The largest absolute Gasteiger partial charge is 0.310 e. The fourth-order valence-electron chi connectivity index (χ4n) is 11.8. The van der Waals surface area contributed by atoms with E-state index in [9.17, 15) is 0 Å². The predicted molar refractivity (Wildman–Crippen MR) is 293 cm³/mol. The van der Waals surface area contributed by atoms with Gasteiger partial charge in [-0.1, -0.05) is 188 Å². The van der Waals surface area contributed by atoms with Crippen LogP contribution in [-0.2, 0) is 5.41 Å². The van der Waals surface area contributed by atoms with E-state index in [0.717, 1.165) is 34.0 Å². The molecular weight excluding hydrogens is 847 g/mol. The summed E-state index contributed by atoms with van der Waals surface area (Å²) in [5.41, 5.74) is 19.9. The molecule has 0 spiro atoms. The van der Waals surface area contributed by atoms with Gasteiger partial charge in [-0.3, -0.25) is 0 Å². The third-order valence-electron chi connectivity index (χ3n) is 14.8. The van der Waals surface area contributed by atoms with Crippen LogP contribution in [0.5, 0.6) is 0 Å². The Labute approximate surface area is 407 Å². The number of anilines is 3. The Kier molecular flexibility index (Phi) is 9.11. The van der Waals surface area contributed by atoms with Crippen molar-refractivity contribution < 1.29 is 0 Å². The smallest absolute Gasteiger partial charge is 0.0713 e. The van der Waals surface area contributed by atoms with Crippen molar-refractivity contribution in [3.63, 3.8) is 0 Å². The first-order valence-corrected chi connectivity index (χ1v) is 24.2. The zero-order valence-electron chi connectivity index (χ0n) is 38.3. The molecule has 0 unspecified atom stereocenters. The van der Waals surface area contributed by atoms with Gasteiger partial charge in [0.2, 0.25) is 0 Å². The Bertz CT molecular complexity index is 4050. The standard InChI is InChI=1S/C67H45N3/c1-4-18-48(19-5-1)67(61-28-14-10-24-55(61)56-25-11-15-29-62(56)67)49-35-39-53(40-36-49)68(54-41-43-65-60(45-54)58-27-13-17-31-64(58)69(65)50-20-6-2-7-21-50)52-37-32-46(33-38-52)47-34-42-59-57-26-12-16-30-63(57)70(66(59)44-47)51-22-8-3-9-23-51/h1-45H. The molecule has 1 aliphatic carbocycles. The van der Waals surface area contributed by atoms with Crippen molar-refractivity contribution >= 4 is 60.7 Å². The van der Waals surface area contributed by atoms with E-state index < -0.39 is 5.41 Å². The van der Waals surface area contributed by atoms with Gasteiger partial charge in [-0.05, 0) is 129 Å². The highest BCUT2D eigenvalue weighted by Crippen LogP contribution is 2.56. The molecular formula is C67H45N3. The SMILES string of the molecule is c1ccc(-n2c3ccccc3c3cc(N(c4ccc(-c5ccc6c7ccccc7n(-c7ccccc7)c6c5)cc4)c4ccc(C5(c6ccccc6)c6ccccc6-c6ccccc65)cc4)ccc32)cc1. The first kappa shape index (κ1) is 39.9. The molecule has 0 amide bonds. The van der Waals surface area contributed by atoms with Gasteiger partial charge >= 0.3 is 0 Å². The number of aromatic nitrogens is 2. The van der Waals surface area contributed by atoms with E-state index >= 15 is 0 Å². The normalized spacial score (nSPS) is 12.7. The second-order valence-corrected chi connectivity index (χ2v) is 18.4. The molecule has 70 heavy (non-hydrogen) atoms. The molecule has 0 radical (unpaired) electrons. The van der Waals surface area contributed by atoms with Gasteiger partial charge in [-0.15, -0.1) is 0 Å². The van der Waals surface area contributed by atoms with E-state index in [-0.39, 0.29) is 0 Å². The van der Waals surface area contributed by atoms with E-state index in [0.29, 0.717) is 0 Å². The van der Waals surface area contributed by atoms with Gasteiger partial charge in [0.25, 0.3) is 0 Å². The molecule has 0 fully saturated rings. The van der Waals surface area contributed by atoms with Crippen molar-refractivity contribution in [3.05, 3.63) is 295 Å². The maximum atomic E-state index is 2.42. The van der Waals surface area contributed by atoms with Gasteiger partial charge in [-0.2, -0.15) is 0 Å². The minimum atomic E-state index is -0.481. The molecule has 3 nitrogen and oxygen atoms in total. The number of fused-ring (bicyclic) bond motifs is 9. The summed E-state index contributed by atoms with van der Waals surface area (Å²) in [6, 6.07) is 100.